The highest BCUT2D eigenvalue weighted by Gasteiger charge is 2.48. The Morgan fingerprint density at radius 3 is 1.89 bits per heavy atom. The highest BCUT2D eigenvalue weighted by atomic mass is 16.7. The van der Waals surface area contributed by atoms with Gasteiger partial charge < -0.3 is 28.8 Å². The molecule has 1 fully saturated rings. The molecule has 0 bridgehead atoms. The fraction of sp³-hybridized carbons (Fsp3) is 1.00. The molecule has 0 spiro atoms. The Kier molecular flexibility index (Phi) is 6.16. The average Bonchev–Trinajstić information content (AvgIpc) is 2.35. The van der Waals surface area contributed by atoms with Crippen LogP contribution in [-0.2, 0) is 23.7 Å². The van der Waals surface area contributed by atoms with Crippen LogP contribution in [0.25, 0.3) is 0 Å². The Morgan fingerprint density at radius 2 is 1.53 bits per heavy atom. The van der Waals surface area contributed by atoms with E-state index >= 15 is 0 Å². The van der Waals surface area contributed by atoms with E-state index in [1.165, 1.54) is 7.11 Å². The van der Waals surface area contributed by atoms with Gasteiger partial charge in [-0.2, -0.15) is 0 Å². The fourth-order valence-electron chi connectivity index (χ4n) is 2.29. The van der Waals surface area contributed by atoms with Gasteiger partial charge in [0.05, 0.1) is 12.2 Å². The highest BCUT2D eigenvalue weighted by Crippen LogP contribution is 2.30. The zero-order chi connectivity index (χ0) is 14.6. The maximum Gasteiger partial charge on any atom is 0.186 e. The Balaban J connectivity index is 2.98. The van der Waals surface area contributed by atoms with E-state index < -0.39 is 24.6 Å². The predicted octanol–water partition coefficient (Wildman–Crippen LogP) is 0.564. The van der Waals surface area contributed by atoms with Gasteiger partial charge in [0.1, 0.15) is 24.4 Å². The molecule has 1 aliphatic heterocycles. The van der Waals surface area contributed by atoms with Crippen molar-refractivity contribution in [2.24, 2.45) is 0 Å². The third-order valence-corrected chi connectivity index (χ3v) is 3.04. The lowest BCUT2D eigenvalue weighted by atomic mass is 9.97. The third kappa shape index (κ3) is 4.11. The first-order chi connectivity index (χ1) is 8.87. The van der Waals surface area contributed by atoms with E-state index in [1.54, 1.807) is 14.2 Å². The average molecular weight is 278 g/mol. The molecule has 0 aromatic carbocycles. The summed E-state index contributed by atoms with van der Waals surface area (Å²) in [5.74, 6) is 0. The highest BCUT2D eigenvalue weighted by molar-refractivity contribution is 4.93. The molecule has 0 aliphatic carbocycles. The molecule has 6 heteroatoms. The van der Waals surface area contributed by atoms with Gasteiger partial charge in [-0.1, -0.05) is 0 Å². The summed E-state index contributed by atoms with van der Waals surface area (Å²) < 4.78 is 27.8. The first-order valence-corrected chi connectivity index (χ1v) is 6.40. The van der Waals surface area contributed by atoms with Crippen LogP contribution in [0.4, 0.5) is 0 Å². The molecule has 1 rings (SSSR count). The molecule has 1 saturated heterocycles. The van der Waals surface area contributed by atoms with Gasteiger partial charge >= 0.3 is 0 Å². The molecule has 6 nitrogen and oxygen atoms in total. The minimum absolute atomic E-state index is 0.168. The summed E-state index contributed by atoms with van der Waals surface area (Å²) in [6.07, 6.45) is -2.32. The van der Waals surface area contributed by atoms with Crippen LogP contribution in [0.1, 0.15) is 20.8 Å². The second kappa shape index (κ2) is 6.97. The SMILES string of the molecule is COC1C(OC(C)(C)C)[C@H](OC)C(CO)O[C@H]1OC. The number of aliphatic hydroxyl groups is 1. The number of methoxy groups -OCH3 is 3. The van der Waals surface area contributed by atoms with E-state index in [9.17, 15) is 5.11 Å². The molecule has 5 atom stereocenters. The summed E-state index contributed by atoms with van der Waals surface area (Å²) in [6.45, 7) is 5.70. The van der Waals surface area contributed by atoms with Gasteiger partial charge in [-0.25, -0.2) is 0 Å². The standard InChI is InChI=1S/C13H26O6/c1-13(2,3)19-10-9(15-4)8(7-14)18-12(17-6)11(10)16-5/h8-12,14H,7H2,1-6H3/t8?,9-,10?,11?,12-/m1/s1. The van der Waals surface area contributed by atoms with Crippen molar-refractivity contribution in [1.29, 1.82) is 0 Å². The van der Waals surface area contributed by atoms with E-state index in [0.29, 0.717) is 0 Å². The van der Waals surface area contributed by atoms with Crippen LogP contribution in [-0.4, -0.2) is 69.3 Å². The minimum atomic E-state index is -0.596. The number of ether oxygens (including phenoxy) is 5. The molecule has 1 aliphatic rings. The molecule has 19 heavy (non-hydrogen) atoms. The summed E-state index contributed by atoms with van der Waals surface area (Å²) in [6, 6.07) is 0. The van der Waals surface area contributed by atoms with Crippen molar-refractivity contribution in [3.63, 3.8) is 0 Å². The van der Waals surface area contributed by atoms with Gasteiger partial charge in [0, 0.05) is 21.3 Å². The Labute approximate surface area is 114 Å². The topological polar surface area (TPSA) is 66.4 Å². The second-order valence-electron chi connectivity index (χ2n) is 5.56. The fourth-order valence-corrected chi connectivity index (χ4v) is 2.29. The molecule has 3 unspecified atom stereocenters. The normalized spacial score (nSPS) is 36.5. The Hall–Kier alpha value is -0.240. The van der Waals surface area contributed by atoms with Gasteiger partial charge in [-0.05, 0) is 20.8 Å². The largest absolute Gasteiger partial charge is 0.394 e. The monoisotopic (exact) mass is 278 g/mol. The van der Waals surface area contributed by atoms with Crippen molar-refractivity contribution < 1.29 is 28.8 Å². The third-order valence-electron chi connectivity index (χ3n) is 3.04. The van der Waals surface area contributed by atoms with E-state index in [1.807, 2.05) is 20.8 Å². The molecule has 0 amide bonds. The summed E-state index contributed by atoms with van der Waals surface area (Å²) in [4.78, 5) is 0. The molecule has 0 saturated carbocycles. The summed E-state index contributed by atoms with van der Waals surface area (Å²) >= 11 is 0. The zero-order valence-electron chi connectivity index (χ0n) is 12.6. The number of hydrogen-bond acceptors (Lipinski definition) is 6. The van der Waals surface area contributed by atoms with Crippen molar-refractivity contribution in [3.05, 3.63) is 0 Å². The van der Waals surface area contributed by atoms with Crippen molar-refractivity contribution in [3.8, 4) is 0 Å². The van der Waals surface area contributed by atoms with Gasteiger partial charge in [0.2, 0.25) is 0 Å². The van der Waals surface area contributed by atoms with E-state index in [4.69, 9.17) is 23.7 Å². The Bertz CT molecular complexity index is 246. The molecular weight excluding hydrogens is 252 g/mol. The summed E-state index contributed by atoms with van der Waals surface area (Å²) in [5, 5.41) is 9.42. The van der Waals surface area contributed by atoms with Gasteiger partial charge in [-0.3, -0.25) is 0 Å². The van der Waals surface area contributed by atoms with Crippen LogP contribution in [0.5, 0.6) is 0 Å². The molecule has 1 N–H and O–H groups in total. The van der Waals surface area contributed by atoms with Crippen LogP contribution in [0, 0.1) is 0 Å². The summed E-state index contributed by atoms with van der Waals surface area (Å²) in [7, 11) is 4.67. The number of rotatable bonds is 5. The van der Waals surface area contributed by atoms with Crippen molar-refractivity contribution in [2.45, 2.75) is 57.1 Å². The van der Waals surface area contributed by atoms with Crippen LogP contribution in [0.15, 0.2) is 0 Å². The minimum Gasteiger partial charge on any atom is -0.394 e. The van der Waals surface area contributed by atoms with E-state index in [2.05, 4.69) is 0 Å². The van der Waals surface area contributed by atoms with Crippen molar-refractivity contribution >= 4 is 0 Å². The zero-order valence-corrected chi connectivity index (χ0v) is 12.6. The summed E-state index contributed by atoms with van der Waals surface area (Å²) in [5.41, 5.74) is -0.367. The number of hydrogen-bond donors (Lipinski definition) is 1. The van der Waals surface area contributed by atoms with Crippen molar-refractivity contribution in [1.82, 2.24) is 0 Å². The first kappa shape index (κ1) is 16.8. The Morgan fingerprint density at radius 1 is 0.947 bits per heavy atom. The lowest BCUT2D eigenvalue weighted by Gasteiger charge is -2.46. The van der Waals surface area contributed by atoms with Gasteiger partial charge in [0.25, 0.3) is 0 Å². The molecule has 0 aromatic heterocycles. The number of aliphatic hydroxyl groups excluding tert-OH is 1. The molecular formula is C13H26O6. The lowest BCUT2D eigenvalue weighted by Crippen LogP contribution is -2.62. The second-order valence-corrected chi connectivity index (χ2v) is 5.56. The van der Waals surface area contributed by atoms with Gasteiger partial charge in [-0.15, -0.1) is 0 Å². The quantitative estimate of drug-likeness (QED) is 0.793. The van der Waals surface area contributed by atoms with Gasteiger partial charge in [0.15, 0.2) is 6.29 Å². The first-order valence-electron chi connectivity index (χ1n) is 6.40. The molecule has 1 heterocycles. The maximum atomic E-state index is 9.42. The van der Waals surface area contributed by atoms with Crippen LogP contribution >= 0.6 is 0 Å². The van der Waals surface area contributed by atoms with Crippen LogP contribution < -0.4 is 0 Å². The molecule has 114 valence electrons. The van der Waals surface area contributed by atoms with E-state index in [-0.39, 0.29) is 18.3 Å². The predicted molar refractivity (Wildman–Crippen MR) is 69.0 cm³/mol. The van der Waals surface area contributed by atoms with Crippen LogP contribution in [0.2, 0.25) is 0 Å². The molecule has 0 radical (unpaired) electrons. The molecule has 0 aromatic rings. The van der Waals surface area contributed by atoms with E-state index in [0.717, 1.165) is 0 Å². The van der Waals surface area contributed by atoms with Crippen molar-refractivity contribution in [2.75, 3.05) is 27.9 Å². The lowest BCUT2D eigenvalue weighted by molar-refractivity contribution is -0.320. The smallest absolute Gasteiger partial charge is 0.186 e. The maximum absolute atomic E-state index is 9.42. The van der Waals surface area contributed by atoms with Crippen LogP contribution in [0.3, 0.4) is 0 Å².